The fourth-order valence-electron chi connectivity index (χ4n) is 3.10. The van der Waals surface area contributed by atoms with Crippen LogP contribution in [0.3, 0.4) is 0 Å². The average Bonchev–Trinajstić information content (AvgIpc) is 2.56. The van der Waals surface area contributed by atoms with E-state index >= 15 is 0 Å². The van der Waals surface area contributed by atoms with Crippen molar-refractivity contribution in [2.75, 3.05) is 33.2 Å². The first kappa shape index (κ1) is 18.0. The highest BCUT2D eigenvalue weighted by atomic mass is 35.5. The fraction of sp³-hybridized carbons (Fsp3) is 0.526. The van der Waals surface area contributed by atoms with Gasteiger partial charge in [0.2, 0.25) is 5.91 Å². The molecule has 1 heterocycles. The van der Waals surface area contributed by atoms with E-state index in [0.29, 0.717) is 12.3 Å². The number of hydrogen-bond donors (Lipinski definition) is 0. The summed E-state index contributed by atoms with van der Waals surface area (Å²) in [7, 11) is 1.90. The van der Waals surface area contributed by atoms with Crippen LogP contribution in [-0.2, 0) is 11.2 Å². The minimum absolute atomic E-state index is 0.171. The number of likely N-dealkylation sites (tertiary alicyclic amines) is 1. The van der Waals surface area contributed by atoms with E-state index in [1.165, 1.54) is 18.4 Å². The van der Waals surface area contributed by atoms with Gasteiger partial charge in [0.05, 0.1) is 0 Å². The zero-order chi connectivity index (χ0) is 16.7. The zero-order valence-corrected chi connectivity index (χ0v) is 14.8. The van der Waals surface area contributed by atoms with Crippen molar-refractivity contribution in [1.82, 2.24) is 9.80 Å². The van der Waals surface area contributed by atoms with Gasteiger partial charge in [-0.05, 0) is 56.0 Å². The molecule has 0 spiro atoms. The second kappa shape index (κ2) is 9.09. The van der Waals surface area contributed by atoms with Gasteiger partial charge in [0, 0.05) is 31.6 Å². The van der Waals surface area contributed by atoms with Crippen molar-refractivity contribution in [2.24, 2.45) is 5.92 Å². The first-order valence-electron chi connectivity index (χ1n) is 8.40. The van der Waals surface area contributed by atoms with Crippen LogP contribution in [0.1, 0.15) is 24.8 Å². The van der Waals surface area contributed by atoms with Crippen LogP contribution in [0.15, 0.2) is 36.9 Å². The maximum absolute atomic E-state index is 11.8. The van der Waals surface area contributed by atoms with Crippen molar-refractivity contribution in [1.29, 1.82) is 0 Å². The molecular formula is C19H27ClN2O. The van der Waals surface area contributed by atoms with E-state index in [4.69, 9.17) is 11.6 Å². The lowest BCUT2D eigenvalue weighted by atomic mass is 9.96. The Balaban J connectivity index is 1.68. The Morgan fingerprint density at radius 2 is 2.00 bits per heavy atom. The lowest BCUT2D eigenvalue weighted by Crippen LogP contribution is -2.40. The Hall–Kier alpha value is -1.32. The molecule has 23 heavy (non-hydrogen) atoms. The summed E-state index contributed by atoms with van der Waals surface area (Å²) in [5.41, 5.74) is 1.34. The van der Waals surface area contributed by atoms with E-state index in [0.717, 1.165) is 37.6 Å². The summed E-state index contributed by atoms with van der Waals surface area (Å²) in [5.74, 6) is 0.797. The van der Waals surface area contributed by atoms with Crippen molar-refractivity contribution in [3.8, 4) is 0 Å². The van der Waals surface area contributed by atoms with E-state index in [-0.39, 0.29) is 5.91 Å². The summed E-state index contributed by atoms with van der Waals surface area (Å²) in [4.78, 5) is 16.2. The number of nitrogens with zero attached hydrogens (tertiary/aromatic N) is 2. The number of halogens is 1. The van der Waals surface area contributed by atoms with Gasteiger partial charge in [-0.2, -0.15) is 0 Å². The molecule has 0 aromatic heterocycles. The molecule has 0 bridgehead atoms. The summed E-state index contributed by atoms with van der Waals surface area (Å²) in [6.07, 6.45) is 5.53. The van der Waals surface area contributed by atoms with Gasteiger partial charge >= 0.3 is 0 Å². The molecule has 0 N–H and O–H groups in total. The third-order valence-corrected chi connectivity index (χ3v) is 4.87. The number of rotatable bonds is 7. The Morgan fingerprint density at radius 1 is 1.35 bits per heavy atom. The highest BCUT2D eigenvalue weighted by molar-refractivity contribution is 6.30. The van der Waals surface area contributed by atoms with E-state index in [1.54, 1.807) is 6.08 Å². The molecule has 3 nitrogen and oxygen atoms in total. The monoisotopic (exact) mass is 334 g/mol. The molecule has 126 valence electrons. The van der Waals surface area contributed by atoms with Gasteiger partial charge in [0.15, 0.2) is 0 Å². The molecular weight excluding hydrogens is 308 g/mol. The standard InChI is InChI=1S/C19H27ClN2O/c1-3-4-19(23)21(2)15-17-10-13-22(14-11-17)12-9-16-5-7-18(20)8-6-16/h3,5-8,17H,1,4,9-15H2,2H3. The Morgan fingerprint density at radius 3 is 2.61 bits per heavy atom. The first-order valence-corrected chi connectivity index (χ1v) is 8.78. The maximum atomic E-state index is 11.8. The van der Waals surface area contributed by atoms with Crippen LogP contribution in [0.25, 0.3) is 0 Å². The minimum Gasteiger partial charge on any atom is -0.345 e. The molecule has 0 saturated carbocycles. The largest absolute Gasteiger partial charge is 0.345 e. The van der Waals surface area contributed by atoms with E-state index in [1.807, 2.05) is 24.1 Å². The summed E-state index contributed by atoms with van der Waals surface area (Å²) in [6.45, 7) is 7.85. The second-order valence-corrected chi connectivity index (χ2v) is 6.86. The van der Waals surface area contributed by atoms with Crippen molar-refractivity contribution in [3.05, 3.63) is 47.5 Å². The molecule has 2 rings (SSSR count). The molecule has 0 atom stereocenters. The van der Waals surface area contributed by atoms with Crippen molar-refractivity contribution >= 4 is 17.5 Å². The van der Waals surface area contributed by atoms with E-state index in [2.05, 4.69) is 23.6 Å². The molecule has 4 heteroatoms. The maximum Gasteiger partial charge on any atom is 0.226 e. The van der Waals surface area contributed by atoms with Crippen molar-refractivity contribution < 1.29 is 4.79 Å². The quantitative estimate of drug-likeness (QED) is 0.711. The normalized spacial score (nSPS) is 16.3. The first-order chi connectivity index (χ1) is 11.1. The minimum atomic E-state index is 0.171. The highest BCUT2D eigenvalue weighted by Gasteiger charge is 2.21. The topological polar surface area (TPSA) is 23.6 Å². The highest BCUT2D eigenvalue weighted by Crippen LogP contribution is 2.19. The third kappa shape index (κ3) is 6.00. The lowest BCUT2D eigenvalue weighted by Gasteiger charge is -2.33. The Kier molecular flexibility index (Phi) is 7.13. The summed E-state index contributed by atoms with van der Waals surface area (Å²) in [6, 6.07) is 8.13. The molecule has 1 aliphatic rings. The van der Waals surface area contributed by atoms with Gasteiger partial charge in [-0.1, -0.05) is 29.8 Å². The summed E-state index contributed by atoms with van der Waals surface area (Å²) in [5, 5.41) is 0.796. The van der Waals surface area contributed by atoms with E-state index < -0.39 is 0 Å². The molecule has 1 aromatic carbocycles. The van der Waals surface area contributed by atoms with Crippen molar-refractivity contribution in [3.63, 3.8) is 0 Å². The molecule has 0 radical (unpaired) electrons. The third-order valence-electron chi connectivity index (χ3n) is 4.61. The number of hydrogen-bond acceptors (Lipinski definition) is 2. The number of carbonyl (C=O) groups excluding carboxylic acids is 1. The predicted octanol–water partition coefficient (Wildman–Crippen LogP) is 3.63. The molecule has 1 aromatic rings. The van der Waals surface area contributed by atoms with Crippen LogP contribution in [0.5, 0.6) is 0 Å². The summed E-state index contributed by atoms with van der Waals surface area (Å²) < 4.78 is 0. The molecule has 1 fully saturated rings. The SMILES string of the molecule is C=CCC(=O)N(C)CC1CCN(CCc2ccc(Cl)cc2)CC1. The summed E-state index contributed by atoms with van der Waals surface area (Å²) >= 11 is 5.92. The number of carbonyl (C=O) groups is 1. The van der Waals surface area contributed by atoms with Crippen LogP contribution in [0, 0.1) is 5.92 Å². The fourth-order valence-corrected chi connectivity index (χ4v) is 3.23. The van der Waals surface area contributed by atoms with Crippen LogP contribution < -0.4 is 0 Å². The van der Waals surface area contributed by atoms with Gasteiger partial charge in [-0.3, -0.25) is 4.79 Å². The Bertz CT molecular complexity index is 507. The molecule has 0 unspecified atom stereocenters. The number of amides is 1. The van der Waals surface area contributed by atoms with Crippen molar-refractivity contribution in [2.45, 2.75) is 25.7 Å². The average molecular weight is 335 g/mol. The second-order valence-electron chi connectivity index (χ2n) is 6.43. The van der Waals surface area contributed by atoms with Crippen LogP contribution in [-0.4, -0.2) is 48.9 Å². The number of piperidine rings is 1. The van der Waals surface area contributed by atoms with Gasteiger partial charge in [0.25, 0.3) is 0 Å². The molecule has 0 aliphatic carbocycles. The lowest BCUT2D eigenvalue weighted by molar-refractivity contribution is -0.129. The molecule has 1 aliphatic heterocycles. The molecule has 1 amide bonds. The Labute approximate surface area is 144 Å². The van der Waals surface area contributed by atoms with Gasteiger partial charge in [-0.25, -0.2) is 0 Å². The van der Waals surface area contributed by atoms with Gasteiger partial charge in [0.1, 0.15) is 0 Å². The number of benzene rings is 1. The predicted molar refractivity (Wildman–Crippen MR) is 96.8 cm³/mol. The van der Waals surface area contributed by atoms with Gasteiger partial charge in [-0.15, -0.1) is 6.58 Å². The van der Waals surface area contributed by atoms with E-state index in [9.17, 15) is 4.79 Å². The van der Waals surface area contributed by atoms with Crippen LogP contribution >= 0.6 is 11.6 Å². The van der Waals surface area contributed by atoms with Gasteiger partial charge < -0.3 is 9.80 Å². The van der Waals surface area contributed by atoms with Crippen LogP contribution in [0.4, 0.5) is 0 Å². The zero-order valence-electron chi connectivity index (χ0n) is 14.0. The van der Waals surface area contributed by atoms with Crippen LogP contribution in [0.2, 0.25) is 5.02 Å². The smallest absolute Gasteiger partial charge is 0.226 e. The molecule has 1 saturated heterocycles.